The summed E-state index contributed by atoms with van der Waals surface area (Å²) in [7, 11) is 1.53. The van der Waals surface area contributed by atoms with Gasteiger partial charge in [-0.1, -0.05) is 0 Å². The Kier molecular flexibility index (Phi) is 6.83. The molecule has 3 atom stereocenters. The second-order valence-corrected chi connectivity index (χ2v) is 9.39. The molecule has 2 heterocycles. The van der Waals surface area contributed by atoms with E-state index in [4.69, 9.17) is 4.74 Å². The number of morpholine rings is 1. The number of carbonyl (C=O) groups is 1. The molecule has 2 aromatic carbocycles. The van der Waals surface area contributed by atoms with Crippen molar-refractivity contribution in [3.8, 4) is 0 Å². The lowest BCUT2D eigenvalue weighted by atomic mass is 9.98. The zero-order valence-corrected chi connectivity index (χ0v) is 20.8. The van der Waals surface area contributed by atoms with Crippen LogP contribution in [0.15, 0.2) is 41.2 Å². The molecular formula is C26H29F3N4O3. The standard InChI is InChI=1S/C26H29F3N4O3/c1-14-12-33(13-15(2)36-14)24(34)18-6-8-19(9-7-18)30-16(3)20-10-21-23(11-22(20)26(27,28)29)31-17(4)32(5)25(21)35/h6-11,14-16,30H,12-13H2,1-5H3. The van der Waals surface area contributed by atoms with Gasteiger partial charge in [-0.2, -0.15) is 13.2 Å². The predicted octanol–water partition coefficient (Wildman–Crippen LogP) is 4.68. The maximum absolute atomic E-state index is 13.9. The second-order valence-electron chi connectivity index (χ2n) is 9.39. The average Bonchev–Trinajstić information content (AvgIpc) is 2.81. The van der Waals surface area contributed by atoms with Gasteiger partial charge in [-0.05, 0) is 69.7 Å². The van der Waals surface area contributed by atoms with Gasteiger partial charge >= 0.3 is 6.18 Å². The van der Waals surface area contributed by atoms with Crippen molar-refractivity contribution in [2.45, 2.75) is 52.1 Å². The number of fused-ring (bicyclic) bond motifs is 1. The molecule has 7 nitrogen and oxygen atoms in total. The summed E-state index contributed by atoms with van der Waals surface area (Å²) in [4.78, 5) is 31.5. The fourth-order valence-electron chi connectivity index (χ4n) is 4.61. The molecule has 1 aromatic heterocycles. The van der Waals surface area contributed by atoms with Crippen molar-refractivity contribution in [1.82, 2.24) is 14.5 Å². The molecule has 10 heteroatoms. The first kappa shape index (κ1) is 25.7. The van der Waals surface area contributed by atoms with Crippen molar-refractivity contribution in [1.29, 1.82) is 0 Å². The van der Waals surface area contributed by atoms with Crippen LogP contribution in [0.2, 0.25) is 0 Å². The fraction of sp³-hybridized carbons (Fsp3) is 0.423. The quantitative estimate of drug-likeness (QED) is 0.561. The summed E-state index contributed by atoms with van der Waals surface area (Å²) in [5.41, 5.74) is -0.276. The molecule has 1 amide bonds. The van der Waals surface area contributed by atoms with Gasteiger partial charge in [0.05, 0.1) is 28.7 Å². The minimum atomic E-state index is -4.63. The van der Waals surface area contributed by atoms with Crippen LogP contribution in [0.5, 0.6) is 0 Å². The molecule has 1 aliphatic rings. The van der Waals surface area contributed by atoms with E-state index in [0.717, 1.165) is 6.07 Å². The third-order valence-corrected chi connectivity index (χ3v) is 6.46. The Bertz CT molecular complexity index is 1340. The Morgan fingerprint density at radius 1 is 1.14 bits per heavy atom. The highest BCUT2D eigenvalue weighted by Gasteiger charge is 2.35. The molecule has 3 unspecified atom stereocenters. The molecule has 1 saturated heterocycles. The van der Waals surface area contributed by atoms with Gasteiger partial charge < -0.3 is 15.0 Å². The van der Waals surface area contributed by atoms with Gasteiger partial charge in [0, 0.05) is 37.4 Å². The lowest BCUT2D eigenvalue weighted by molar-refractivity contribution is -0.138. The van der Waals surface area contributed by atoms with Gasteiger partial charge in [-0.3, -0.25) is 14.2 Å². The Balaban J connectivity index is 1.61. The molecule has 4 rings (SSSR count). The van der Waals surface area contributed by atoms with E-state index < -0.39 is 23.3 Å². The van der Waals surface area contributed by atoms with Crippen molar-refractivity contribution in [3.05, 3.63) is 69.3 Å². The third-order valence-electron chi connectivity index (χ3n) is 6.46. The van der Waals surface area contributed by atoms with Crippen LogP contribution in [-0.4, -0.2) is 45.7 Å². The highest BCUT2D eigenvalue weighted by atomic mass is 19.4. The number of hydrogen-bond donors (Lipinski definition) is 1. The van der Waals surface area contributed by atoms with Crippen LogP contribution in [-0.2, 0) is 18.0 Å². The Morgan fingerprint density at radius 3 is 2.33 bits per heavy atom. The van der Waals surface area contributed by atoms with Crippen LogP contribution in [0.4, 0.5) is 18.9 Å². The SMILES string of the molecule is Cc1nc2cc(C(F)(F)F)c(C(C)Nc3ccc(C(=O)N4CC(C)OC(C)C4)cc3)cc2c(=O)n1C. The number of carbonyl (C=O) groups excluding carboxylic acids is 1. The van der Waals surface area contributed by atoms with Crippen molar-refractivity contribution in [2.24, 2.45) is 7.05 Å². The number of ether oxygens (including phenoxy) is 1. The number of nitrogens with zero attached hydrogens (tertiary/aromatic N) is 3. The number of amides is 1. The molecule has 0 bridgehead atoms. The molecule has 0 saturated carbocycles. The van der Waals surface area contributed by atoms with Crippen LogP contribution in [0.25, 0.3) is 10.9 Å². The molecule has 0 aliphatic carbocycles. The maximum atomic E-state index is 13.9. The number of rotatable bonds is 4. The van der Waals surface area contributed by atoms with Crippen LogP contribution < -0.4 is 10.9 Å². The van der Waals surface area contributed by atoms with Gasteiger partial charge in [0.2, 0.25) is 0 Å². The molecule has 3 aromatic rings. The highest BCUT2D eigenvalue weighted by molar-refractivity contribution is 5.94. The summed E-state index contributed by atoms with van der Waals surface area (Å²) in [5, 5.41) is 3.19. The number of benzene rings is 2. The molecule has 0 spiro atoms. The summed E-state index contributed by atoms with van der Waals surface area (Å²) in [5.74, 6) is 0.208. The Labute approximate surface area is 206 Å². The van der Waals surface area contributed by atoms with Gasteiger partial charge in [0.15, 0.2) is 0 Å². The zero-order chi connectivity index (χ0) is 26.4. The predicted molar refractivity (Wildman–Crippen MR) is 131 cm³/mol. The summed E-state index contributed by atoms with van der Waals surface area (Å²) in [6, 6.07) is 8.04. The monoisotopic (exact) mass is 502 g/mol. The minimum Gasteiger partial charge on any atom is -0.379 e. The molecule has 36 heavy (non-hydrogen) atoms. The number of hydrogen-bond acceptors (Lipinski definition) is 5. The largest absolute Gasteiger partial charge is 0.416 e. The summed E-state index contributed by atoms with van der Waals surface area (Å²) < 4.78 is 48.8. The molecule has 0 radical (unpaired) electrons. The Hall–Kier alpha value is -3.40. The van der Waals surface area contributed by atoms with E-state index >= 15 is 0 Å². The van der Waals surface area contributed by atoms with Crippen molar-refractivity contribution < 1.29 is 22.7 Å². The molecule has 192 valence electrons. The molecule has 1 fully saturated rings. The van der Waals surface area contributed by atoms with E-state index in [1.165, 1.54) is 17.7 Å². The first-order valence-corrected chi connectivity index (χ1v) is 11.7. The Morgan fingerprint density at radius 2 is 1.75 bits per heavy atom. The lowest BCUT2D eigenvalue weighted by Gasteiger charge is -2.35. The summed E-state index contributed by atoms with van der Waals surface area (Å²) in [6.45, 7) is 7.99. The van der Waals surface area contributed by atoms with Crippen LogP contribution in [0.3, 0.4) is 0 Å². The molecular weight excluding hydrogens is 473 g/mol. The lowest BCUT2D eigenvalue weighted by Crippen LogP contribution is -2.48. The smallest absolute Gasteiger partial charge is 0.379 e. The van der Waals surface area contributed by atoms with Crippen LogP contribution in [0, 0.1) is 6.92 Å². The van der Waals surface area contributed by atoms with E-state index in [-0.39, 0.29) is 34.6 Å². The maximum Gasteiger partial charge on any atom is 0.416 e. The van der Waals surface area contributed by atoms with Crippen molar-refractivity contribution in [2.75, 3.05) is 18.4 Å². The highest BCUT2D eigenvalue weighted by Crippen LogP contribution is 2.37. The average molecular weight is 503 g/mol. The zero-order valence-electron chi connectivity index (χ0n) is 20.8. The molecule has 1 N–H and O–H groups in total. The fourth-order valence-corrected chi connectivity index (χ4v) is 4.61. The normalized spacial score (nSPS) is 19.4. The number of aryl methyl sites for hydroxylation is 1. The van der Waals surface area contributed by atoms with E-state index in [2.05, 4.69) is 10.3 Å². The van der Waals surface area contributed by atoms with Gasteiger partial charge in [0.25, 0.3) is 11.5 Å². The van der Waals surface area contributed by atoms with Gasteiger partial charge in [-0.25, -0.2) is 4.98 Å². The van der Waals surface area contributed by atoms with Crippen LogP contribution >= 0.6 is 0 Å². The molecule has 1 aliphatic heterocycles. The van der Waals surface area contributed by atoms with E-state index in [1.54, 1.807) is 43.0 Å². The second kappa shape index (κ2) is 9.57. The summed E-state index contributed by atoms with van der Waals surface area (Å²) >= 11 is 0. The van der Waals surface area contributed by atoms with E-state index in [9.17, 15) is 22.8 Å². The van der Waals surface area contributed by atoms with E-state index in [1.807, 2.05) is 13.8 Å². The van der Waals surface area contributed by atoms with Crippen molar-refractivity contribution in [3.63, 3.8) is 0 Å². The first-order chi connectivity index (χ1) is 16.8. The first-order valence-electron chi connectivity index (χ1n) is 11.7. The number of anilines is 1. The van der Waals surface area contributed by atoms with E-state index in [0.29, 0.717) is 30.2 Å². The summed E-state index contributed by atoms with van der Waals surface area (Å²) in [6.07, 6.45) is -4.74. The van der Waals surface area contributed by atoms with Gasteiger partial charge in [0.1, 0.15) is 5.82 Å². The number of alkyl halides is 3. The number of nitrogens with one attached hydrogen (secondary N) is 1. The number of halogens is 3. The van der Waals surface area contributed by atoms with Gasteiger partial charge in [-0.15, -0.1) is 0 Å². The van der Waals surface area contributed by atoms with Crippen molar-refractivity contribution >= 4 is 22.5 Å². The number of aromatic nitrogens is 2. The minimum absolute atomic E-state index is 0.00786. The third kappa shape index (κ3) is 5.09. The topological polar surface area (TPSA) is 76.5 Å². The van der Waals surface area contributed by atoms with Crippen LogP contribution in [0.1, 0.15) is 54.1 Å².